The summed E-state index contributed by atoms with van der Waals surface area (Å²) in [7, 11) is 0. The molecule has 0 aromatic carbocycles. The molecule has 0 fully saturated rings. The van der Waals surface area contributed by atoms with Crippen LogP contribution in [0.15, 0.2) is 10.5 Å². The Hall–Kier alpha value is -2.22. The van der Waals surface area contributed by atoms with Gasteiger partial charge in [-0.15, -0.1) is 5.92 Å². The molecule has 14 heavy (non-hydrogen) atoms. The van der Waals surface area contributed by atoms with Crippen molar-refractivity contribution >= 4 is 11.9 Å². The topological polar surface area (TPSA) is 87.7 Å². The van der Waals surface area contributed by atoms with E-state index in [1.54, 1.807) is 0 Å². The maximum atomic E-state index is 10.6. The second-order valence-electron chi connectivity index (χ2n) is 2.34. The largest absolute Gasteiger partial charge is 0.475 e. The Labute approximate surface area is 79.0 Å². The summed E-state index contributed by atoms with van der Waals surface area (Å²) in [6, 6.07) is 1.09. The minimum absolute atomic E-state index is 0.0670. The van der Waals surface area contributed by atoms with Gasteiger partial charge >= 0.3 is 11.9 Å². The molecule has 72 valence electrons. The van der Waals surface area contributed by atoms with Crippen molar-refractivity contribution in [3.63, 3.8) is 0 Å². The minimum atomic E-state index is -1.34. The number of carbonyl (C=O) groups is 2. The van der Waals surface area contributed by atoms with Crippen LogP contribution >= 0.6 is 0 Å². The quantitative estimate of drug-likeness (QED) is 0.687. The van der Waals surface area contributed by atoms with E-state index in [1.807, 2.05) is 0 Å². The number of carboxylic acids is 2. The summed E-state index contributed by atoms with van der Waals surface area (Å²) in [5.41, 5.74) is 0.0670. The Kier molecular flexibility index (Phi) is 2.58. The predicted molar refractivity (Wildman–Crippen MR) is 45.2 cm³/mol. The summed E-state index contributed by atoms with van der Waals surface area (Å²) in [5, 5.41) is 17.2. The van der Waals surface area contributed by atoms with Crippen LogP contribution in [-0.2, 0) is 0 Å². The van der Waals surface area contributed by atoms with E-state index >= 15 is 0 Å². The lowest BCUT2D eigenvalue weighted by Crippen LogP contribution is -1.96. The van der Waals surface area contributed by atoms with Gasteiger partial charge in [0.1, 0.15) is 0 Å². The molecule has 5 nitrogen and oxygen atoms in total. The van der Waals surface area contributed by atoms with Crippen molar-refractivity contribution in [3.05, 3.63) is 23.2 Å². The maximum absolute atomic E-state index is 10.6. The third kappa shape index (κ3) is 1.75. The van der Waals surface area contributed by atoms with E-state index in [9.17, 15) is 9.59 Å². The van der Waals surface area contributed by atoms with Gasteiger partial charge in [-0.2, -0.15) is 0 Å². The number of carboxylic acid groups (broad SMARTS) is 2. The van der Waals surface area contributed by atoms with E-state index in [1.165, 1.54) is 6.92 Å². The van der Waals surface area contributed by atoms with Crippen molar-refractivity contribution in [2.45, 2.75) is 6.92 Å². The van der Waals surface area contributed by atoms with Crippen LogP contribution < -0.4 is 0 Å². The lowest BCUT2D eigenvalue weighted by atomic mass is 10.2. The molecule has 5 heteroatoms. The molecule has 0 unspecified atom stereocenters. The van der Waals surface area contributed by atoms with Gasteiger partial charge in [-0.1, -0.05) is 5.92 Å². The fourth-order valence-electron chi connectivity index (χ4n) is 0.883. The Balaban J connectivity index is 3.30. The first kappa shape index (κ1) is 9.86. The molecule has 1 rings (SSSR count). The molecule has 1 heterocycles. The second-order valence-corrected chi connectivity index (χ2v) is 2.34. The molecule has 0 atom stereocenters. The van der Waals surface area contributed by atoms with Crippen molar-refractivity contribution in [3.8, 4) is 11.8 Å². The first-order chi connectivity index (χ1) is 6.56. The van der Waals surface area contributed by atoms with Crippen LogP contribution in [0.3, 0.4) is 0 Å². The summed E-state index contributed by atoms with van der Waals surface area (Å²) in [5.74, 6) is 1.37. The SMILES string of the molecule is CC#Cc1cc(C(=O)O)oc1C(=O)O. The van der Waals surface area contributed by atoms with Gasteiger partial charge in [0.05, 0.1) is 5.56 Å². The van der Waals surface area contributed by atoms with Gasteiger partial charge in [0.25, 0.3) is 0 Å². The number of rotatable bonds is 2. The molecular weight excluding hydrogens is 188 g/mol. The van der Waals surface area contributed by atoms with Crippen LogP contribution in [0.25, 0.3) is 0 Å². The molecule has 0 saturated carbocycles. The zero-order valence-corrected chi connectivity index (χ0v) is 7.20. The summed E-state index contributed by atoms with van der Waals surface area (Å²) in [4.78, 5) is 21.0. The molecule has 1 aromatic rings. The highest BCUT2D eigenvalue weighted by molar-refractivity contribution is 5.91. The van der Waals surface area contributed by atoms with Crippen LogP contribution in [0.2, 0.25) is 0 Å². The number of aromatic carboxylic acids is 2. The first-order valence-corrected chi connectivity index (χ1v) is 3.59. The molecule has 0 aliphatic heterocycles. The van der Waals surface area contributed by atoms with E-state index in [2.05, 4.69) is 16.3 Å². The number of furan rings is 1. The molecule has 0 bridgehead atoms. The normalized spacial score (nSPS) is 8.93. The van der Waals surface area contributed by atoms with Gasteiger partial charge in [-0.3, -0.25) is 0 Å². The lowest BCUT2D eigenvalue weighted by molar-refractivity contribution is 0.0631. The highest BCUT2D eigenvalue weighted by atomic mass is 16.4. The standard InChI is InChI=1S/C9H6O5/c1-2-3-5-4-6(8(10)11)14-7(5)9(12)13/h4H,1H3,(H,10,11)(H,12,13). The van der Waals surface area contributed by atoms with Gasteiger partial charge in [-0.05, 0) is 6.92 Å². The fourth-order valence-corrected chi connectivity index (χ4v) is 0.883. The van der Waals surface area contributed by atoms with Crippen molar-refractivity contribution in [2.75, 3.05) is 0 Å². The molecule has 0 aliphatic rings. The monoisotopic (exact) mass is 194 g/mol. The van der Waals surface area contributed by atoms with Crippen molar-refractivity contribution in [1.29, 1.82) is 0 Å². The van der Waals surface area contributed by atoms with Crippen molar-refractivity contribution in [1.82, 2.24) is 0 Å². The molecule has 0 spiro atoms. The first-order valence-electron chi connectivity index (χ1n) is 3.59. The van der Waals surface area contributed by atoms with Gasteiger partial charge in [0.2, 0.25) is 11.5 Å². The van der Waals surface area contributed by atoms with Gasteiger partial charge < -0.3 is 14.6 Å². The van der Waals surface area contributed by atoms with Crippen LogP contribution in [0.5, 0.6) is 0 Å². The molecule has 1 aromatic heterocycles. The predicted octanol–water partition coefficient (Wildman–Crippen LogP) is 1.05. The third-order valence-corrected chi connectivity index (χ3v) is 1.40. The summed E-state index contributed by atoms with van der Waals surface area (Å²) < 4.78 is 4.59. The van der Waals surface area contributed by atoms with Crippen LogP contribution in [0.4, 0.5) is 0 Å². The molecule has 0 saturated heterocycles. The zero-order chi connectivity index (χ0) is 10.7. The van der Waals surface area contributed by atoms with Gasteiger partial charge in [-0.25, -0.2) is 9.59 Å². The number of hydrogen-bond acceptors (Lipinski definition) is 3. The maximum Gasteiger partial charge on any atom is 0.373 e. The highest BCUT2D eigenvalue weighted by Gasteiger charge is 2.19. The molecule has 0 amide bonds. The van der Waals surface area contributed by atoms with Gasteiger partial charge in [0, 0.05) is 6.07 Å². The second kappa shape index (κ2) is 3.66. The lowest BCUT2D eigenvalue weighted by Gasteiger charge is -1.86. The van der Waals surface area contributed by atoms with Crippen molar-refractivity contribution in [2.24, 2.45) is 0 Å². The van der Waals surface area contributed by atoms with E-state index in [4.69, 9.17) is 10.2 Å². The Morgan fingerprint density at radius 2 is 2.00 bits per heavy atom. The van der Waals surface area contributed by atoms with E-state index in [0.29, 0.717) is 0 Å². The smallest absolute Gasteiger partial charge is 0.373 e. The average Bonchev–Trinajstić information content (AvgIpc) is 2.49. The van der Waals surface area contributed by atoms with E-state index in [0.717, 1.165) is 6.07 Å². The third-order valence-electron chi connectivity index (χ3n) is 1.40. The molecule has 0 aliphatic carbocycles. The highest BCUT2D eigenvalue weighted by Crippen LogP contribution is 2.14. The molecule has 2 N–H and O–H groups in total. The Morgan fingerprint density at radius 3 is 2.43 bits per heavy atom. The minimum Gasteiger partial charge on any atom is -0.475 e. The van der Waals surface area contributed by atoms with E-state index in [-0.39, 0.29) is 5.56 Å². The van der Waals surface area contributed by atoms with E-state index < -0.39 is 23.5 Å². The van der Waals surface area contributed by atoms with Crippen LogP contribution in [0.1, 0.15) is 33.6 Å². The number of hydrogen-bond donors (Lipinski definition) is 2. The van der Waals surface area contributed by atoms with Crippen molar-refractivity contribution < 1.29 is 24.2 Å². The average molecular weight is 194 g/mol. The fraction of sp³-hybridized carbons (Fsp3) is 0.111. The van der Waals surface area contributed by atoms with Crippen LogP contribution in [0, 0.1) is 11.8 Å². The summed E-state index contributed by atoms with van der Waals surface area (Å²) in [6.45, 7) is 1.51. The molecule has 0 radical (unpaired) electrons. The Bertz CT molecular complexity index is 444. The van der Waals surface area contributed by atoms with Gasteiger partial charge in [0.15, 0.2) is 0 Å². The zero-order valence-electron chi connectivity index (χ0n) is 7.20. The summed E-state index contributed by atoms with van der Waals surface area (Å²) in [6.07, 6.45) is 0. The summed E-state index contributed by atoms with van der Waals surface area (Å²) >= 11 is 0. The van der Waals surface area contributed by atoms with Crippen LogP contribution in [-0.4, -0.2) is 22.2 Å². The Morgan fingerprint density at radius 1 is 1.36 bits per heavy atom. The molecular formula is C9H6O5.